The number of sulfonamides is 1. The Kier molecular flexibility index (Phi) is 5.45. The minimum atomic E-state index is -3.54. The fourth-order valence-corrected chi connectivity index (χ4v) is 5.87. The zero-order valence-electron chi connectivity index (χ0n) is 17.6. The third kappa shape index (κ3) is 3.76. The lowest BCUT2D eigenvalue weighted by atomic mass is 10.1. The van der Waals surface area contributed by atoms with Crippen molar-refractivity contribution in [1.82, 2.24) is 14.1 Å². The number of aromatic nitrogens is 2. The van der Waals surface area contributed by atoms with E-state index in [2.05, 4.69) is 5.10 Å². The summed E-state index contributed by atoms with van der Waals surface area (Å²) < 4.78 is 29.1. The number of piperazine rings is 1. The van der Waals surface area contributed by atoms with Crippen LogP contribution in [0, 0.1) is 0 Å². The van der Waals surface area contributed by atoms with Crippen molar-refractivity contribution >= 4 is 27.3 Å². The van der Waals surface area contributed by atoms with Gasteiger partial charge in [-0.2, -0.15) is 9.40 Å². The molecule has 2 aliphatic rings. The number of hydrogen-bond donors (Lipinski definition) is 0. The van der Waals surface area contributed by atoms with Crippen molar-refractivity contribution in [3.63, 3.8) is 0 Å². The first-order valence-electron chi connectivity index (χ1n) is 10.2. The van der Waals surface area contributed by atoms with Crippen LogP contribution in [-0.4, -0.2) is 48.7 Å². The molecule has 0 N–H and O–H groups in total. The van der Waals surface area contributed by atoms with E-state index < -0.39 is 15.6 Å². The van der Waals surface area contributed by atoms with Crippen LogP contribution in [0.5, 0.6) is 0 Å². The first-order valence-corrected chi connectivity index (χ1v) is 12.1. The number of aryl methyl sites for hydroxylation is 2. The van der Waals surface area contributed by atoms with Gasteiger partial charge in [-0.1, -0.05) is 17.7 Å². The highest BCUT2D eigenvalue weighted by molar-refractivity contribution is 7.89. The summed E-state index contributed by atoms with van der Waals surface area (Å²) in [5.74, 6) is 0. The first-order chi connectivity index (χ1) is 14.1. The summed E-state index contributed by atoms with van der Waals surface area (Å²) in [7, 11) is -3.54. The molecule has 2 heterocycles. The molecule has 4 rings (SSSR count). The molecule has 30 heavy (non-hydrogen) atoms. The lowest BCUT2D eigenvalue weighted by Crippen LogP contribution is -2.49. The summed E-state index contributed by atoms with van der Waals surface area (Å²) in [5, 5.41) is 4.40. The molecular formula is C21H27ClN4O3S. The topological polar surface area (TPSA) is 75.5 Å². The molecule has 0 radical (unpaired) electrons. The van der Waals surface area contributed by atoms with E-state index in [9.17, 15) is 13.2 Å². The van der Waals surface area contributed by atoms with Crippen LogP contribution >= 0.6 is 11.6 Å². The van der Waals surface area contributed by atoms with Gasteiger partial charge < -0.3 is 4.90 Å². The molecule has 162 valence electrons. The van der Waals surface area contributed by atoms with E-state index in [4.69, 9.17) is 11.6 Å². The van der Waals surface area contributed by atoms with E-state index in [0.29, 0.717) is 36.8 Å². The van der Waals surface area contributed by atoms with Crippen LogP contribution in [-0.2, 0) is 28.4 Å². The molecule has 1 aliphatic heterocycles. The summed E-state index contributed by atoms with van der Waals surface area (Å²) in [6, 6.07) is 5.50. The van der Waals surface area contributed by atoms with Crippen LogP contribution in [0.25, 0.3) is 0 Å². The summed E-state index contributed by atoms with van der Waals surface area (Å²) in [4.78, 5) is 14.9. The van der Waals surface area contributed by atoms with E-state index in [1.165, 1.54) is 14.6 Å². The molecule has 0 spiro atoms. The molecule has 1 aromatic heterocycles. The third-order valence-electron chi connectivity index (χ3n) is 5.82. The van der Waals surface area contributed by atoms with Crippen molar-refractivity contribution in [1.29, 1.82) is 0 Å². The number of fused-ring (bicyclic) bond motifs is 1. The van der Waals surface area contributed by atoms with Gasteiger partial charge in [0.25, 0.3) is 5.56 Å². The Morgan fingerprint density at radius 3 is 2.37 bits per heavy atom. The molecule has 0 unspecified atom stereocenters. The molecule has 9 heteroatoms. The van der Waals surface area contributed by atoms with Gasteiger partial charge in [0.05, 0.1) is 22.3 Å². The highest BCUT2D eigenvalue weighted by Gasteiger charge is 2.31. The maximum absolute atomic E-state index is 13.1. The second-order valence-corrected chi connectivity index (χ2v) is 11.2. The second-order valence-electron chi connectivity index (χ2n) is 8.91. The highest BCUT2D eigenvalue weighted by Crippen LogP contribution is 2.28. The van der Waals surface area contributed by atoms with Crippen LogP contribution in [0.3, 0.4) is 0 Å². The van der Waals surface area contributed by atoms with Crippen LogP contribution in [0.15, 0.2) is 34.1 Å². The molecule has 1 aromatic carbocycles. The van der Waals surface area contributed by atoms with Gasteiger partial charge in [-0.3, -0.25) is 4.79 Å². The Balaban J connectivity index is 1.52. The molecule has 0 bridgehead atoms. The smallest absolute Gasteiger partial charge is 0.288 e. The maximum Gasteiger partial charge on any atom is 0.288 e. The SMILES string of the molecule is CC(C)(C)n1ncc(N2CCN(S(=O)(=O)c3ccc4c(c3)CCC4)CC2)c(Cl)c1=O. The molecule has 1 fully saturated rings. The van der Waals surface area contributed by atoms with Crippen molar-refractivity contribution in [3.05, 3.63) is 50.9 Å². The number of benzene rings is 1. The minimum absolute atomic E-state index is 0.120. The van der Waals surface area contributed by atoms with Crippen molar-refractivity contribution in [2.24, 2.45) is 0 Å². The van der Waals surface area contributed by atoms with Crippen LogP contribution in [0.1, 0.15) is 38.3 Å². The van der Waals surface area contributed by atoms with Crippen LogP contribution in [0.4, 0.5) is 5.69 Å². The molecule has 7 nitrogen and oxygen atoms in total. The van der Waals surface area contributed by atoms with Gasteiger partial charge in [0.1, 0.15) is 5.02 Å². The van der Waals surface area contributed by atoms with Gasteiger partial charge in [0.2, 0.25) is 10.0 Å². The van der Waals surface area contributed by atoms with E-state index in [1.54, 1.807) is 12.3 Å². The predicted octanol–water partition coefficient (Wildman–Crippen LogP) is 2.65. The average molecular weight is 451 g/mol. The number of halogens is 1. The van der Waals surface area contributed by atoms with Crippen LogP contribution < -0.4 is 10.5 Å². The van der Waals surface area contributed by atoms with E-state index >= 15 is 0 Å². The summed E-state index contributed by atoms with van der Waals surface area (Å²) in [6.45, 7) is 7.23. The highest BCUT2D eigenvalue weighted by atomic mass is 35.5. The molecular weight excluding hydrogens is 424 g/mol. The van der Waals surface area contributed by atoms with Gasteiger partial charge in [-0.15, -0.1) is 0 Å². The third-order valence-corrected chi connectivity index (χ3v) is 8.07. The number of anilines is 1. The van der Waals surface area contributed by atoms with E-state index in [-0.39, 0.29) is 10.6 Å². The predicted molar refractivity (Wildman–Crippen MR) is 118 cm³/mol. The fraction of sp³-hybridized carbons (Fsp3) is 0.524. The van der Waals surface area contributed by atoms with Gasteiger partial charge in [-0.25, -0.2) is 13.1 Å². The van der Waals surface area contributed by atoms with Crippen molar-refractivity contribution < 1.29 is 8.42 Å². The van der Waals surface area contributed by atoms with Gasteiger partial charge in [0.15, 0.2) is 0 Å². The van der Waals surface area contributed by atoms with Gasteiger partial charge in [0, 0.05) is 26.2 Å². The summed E-state index contributed by atoms with van der Waals surface area (Å²) in [6.07, 6.45) is 4.65. The Morgan fingerprint density at radius 1 is 1.03 bits per heavy atom. The zero-order valence-corrected chi connectivity index (χ0v) is 19.1. The maximum atomic E-state index is 13.1. The Bertz CT molecular complexity index is 1130. The monoisotopic (exact) mass is 450 g/mol. The van der Waals surface area contributed by atoms with E-state index in [1.807, 2.05) is 37.8 Å². The number of hydrogen-bond acceptors (Lipinski definition) is 5. The van der Waals surface area contributed by atoms with Crippen molar-refractivity contribution in [3.8, 4) is 0 Å². The largest absolute Gasteiger partial charge is 0.366 e. The summed E-state index contributed by atoms with van der Waals surface area (Å²) in [5.41, 5.74) is 2.14. The lowest BCUT2D eigenvalue weighted by Gasteiger charge is -2.35. The lowest BCUT2D eigenvalue weighted by molar-refractivity contribution is 0.337. The van der Waals surface area contributed by atoms with Crippen LogP contribution in [0.2, 0.25) is 5.02 Å². The average Bonchev–Trinajstić information content (AvgIpc) is 3.17. The van der Waals surface area contributed by atoms with E-state index in [0.717, 1.165) is 24.8 Å². The van der Waals surface area contributed by atoms with Crippen molar-refractivity contribution in [2.75, 3.05) is 31.1 Å². The Morgan fingerprint density at radius 2 is 1.70 bits per heavy atom. The molecule has 2 aromatic rings. The number of rotatable bonds is 3. The summed E-state index contributed by atoms with van der Waals surface area (Å²) >= 11 is 6.37. The molecule has 0 amide bonds. The Labute approximate surface area is 182 Å². The molecule has 0 atom stereocenters. The molecule has 0 saturated carbocycles. The van der Waals surface area contributed by atoms with Crippen molar-refractivity contribution in [2.45, 2.75) is 50.5 Å². The zero-order chi connectivity index (χ0) is 21.7. The number of nitrogens with zero attached hydrogens (tertiary/aromatic N) is 4. The molecule has 1 saturated heterocycles. The normalized spacial score (nSPS) is 17.9. The first kappa shape index (κ1) is 21.3. The Hall–Kier alpha value is -1.90. The second kappa shape index (κ2) is 7.66. The fourth-order valence-electron chi connectivity index (χ4n) is 4.15. The van der Waals surface area contributed by atoms with Gasteiger partial charge >= 0.3 is 0 Å². The quantitative estimate of drug-likeness (QED) is 0.718. The molecule has 1 aliphatic carbocycles. The standard InChI is InChI=1S/C21H27ClN4O3S/c1-21(2,3)26-20(27)19(22)18(14-23-26)24-9-11-25(12-10-24)30(28,29)17-8-7-15-5-4-6-16(15)13-17/h7-8,13-14H,4-6,9-12H2,1-3H3. The van der Waals surface area contributed by atoms with Gasteiger partial charge in [-0.05, 0) is 63.3 Å². The minimum Gasteiger partial charge on any atom is -0.366 e.